The zero-order valence-electron chi connectivity index (χ0n) is 10.6. The first-order chi connectivity index (χ1) is 9.10. The summed E-state index contributed by atoms with van der Waals surface area (Å²) in [5, 5.41) is 4.64. The summed E-state index contributed by atoms with van der Waals surface area (Å²) in [6, 6.07) is 2.08. The van der Waals surface area contributed by atoms with Crippen LogP contribution < -0.4 is 4.90 Å². The van der Waals surface area contributed by atoms with Crippen LogP contribution in [0.5, 0.6) is 0 Å². The fourth-order valence-corrected chi connectivity index (χ4v) is 3.47. The summed E-state index contributed by atoms with van der Waals surface area (Å²) in [4.78, 5) is 17.9. The number of carbonyl (C=O) groups excluding carboxylic acids is 1. The SMILES string of the molecule is CCOC(=O)c1csc(N(C)Cc2csc(Br)c2)n1. The van der Waals surface area contributed by atoms with Gasteiger partial charge in [0, 0.05) is 19.0 Å². The van der Waals surface area contributed by atoms with Crippen LogP contribution in [-0.2, 0) is 11.3 Å². The van der Waals surface area contributed by atoms with Crippen LogP contribution in [-0.4, -0.2) is 24.6 Å². The van der Waals surface area contributed by atoms with E-state index in [4.69, 9.17) is 4.74 Å². The van der Waals surface area contributed by atoms with Gasteiger partial charge in [-0.3, -0.25) is 0 Å². The van der Waals surface area contributed by atoms with Gasteiger partial charge < -0.3 is 9.64 Å². The van der Waals surface area contributed by atoms with Crippen molar-refractivity contribution in [3.05, 3.63) is 31.9 Å². The van der Waals surface area contributed by atoms with E-state index in [1.807, 2.05) is 11.9 Å². The zero-order chi connectivity index (χ0) is 13.8. The summed E-state index contributed by atoms with van der Waals surface area (Å²) in [6.07, 6.45) is 0. The van der Waals surface area contributed by atoms with Crippen molar-refractivity contribution in [2.24, 2.45) is 0 Å². The molecule has 2 aromatic heterocycles. The standard InChI is InChI=1S/C12H13BrN2O2S2/c1-3-17-11(16)9-7-19-12(14-9)15(2)5-8-4-10(13)18-6-8/h4,6-7H,3,5H2,1-2H3. The van der Waals surface area contributed by atoms with Crippen molar-refractivity contribution in [3.63, 3.8) is 0 Å². The first-order valence-corrected chi connectivity index (χ1v) is 8.22. The molecule has 0 unspecified atom stereocenters. The van der Waals surface area contributed by atoms with Crippen molar-refractivity contribution in [3.8, 4) is 0 Å². The molecular weight excluding hydrogens is 348 g/mol. The van der Waals surface area contributed by atoms with E-state index in [1.165, 1.54) is 16.9 Å². The van der Waals surface area contributed by atoms with Gasteiger partial charge in [-0.15, -0.1) is 22.7 Å². The highest BCUT2D eigenvalue weighted by Crippen LogP contribution is 2.25. The van der Waals surface area contributed by atoms with Crippen LogP contribution in [0.1, 0.15) is 23.0 Å². The number of ether oxygens (including phenoxy) is 1. The van der Waals surface area contributed by atoms with Crippen LogP contribution in [0.4, 0.5) is 5.13 Å². The average molecular weight is 361 g/mol. The topological polar surface area (TPSA) is 42.4 Å². The Bertz CT molecular complexity index is 568. The van der Waals surface area contributed by atoms with Crippen LogP contribution in [0.2, 0.25) is 0 Å². The number of thiophene rings is 1. The maximum atomic E-state index is 11.5. The Morgan fingerprint density at radius 1 is 1.47 bits per heavy atom. The van der Waals surface area contributed by atoms with Gasteiger partial charge in [0.15, 0.2) is 10.8 Å². The van der Waals surface area contributed by atoms with Gasteiger partial charge in [0.05, 0.1) is 10.4 Å². The van der Waals surface area contributed by atoms with E-state index in [0.717, 1.165) is 15.5 Å². The largest absolute Gasteiger partial charge is 0.461 e. The lowest BCUT2D eigenvalue weighted by atomic mass is 10.3. The van der Waals surface area contributed by atoms with Crippen molar-refractivity contribution in [2.45, 2.75) is 13.5 Å². The maximum absolute atomic E-state index is 11.5. The third kappa shape index (κ3) is 3.77. The Labute approximate surface area is 128 Å². The fraction of sp³-hybridized carbons (Fsp3) is 0.333. The highest BCUT2D eigenvalue weighted by molar-refractivity contribution is 9.11. The van der Waals surface area contributed by atoms with Crippen LogP contribution >= 0.6 is 38.6 Å². The average Bonchev–Trinajstić information content (AvgIpc) is 2.98. The van der Waals surface area contributed by atoms with Gasteiger partial charge in [-0.1, -0.05) is 0 Å². The highest BCUT2D eigenvalue weighted by Gasteiger charge is 2.14. The van der Waals surface area contributed by atoms with E-state index in [2.05, 4.69) is 32.4 Å². The van der Waals surface area contributed by atoms with Gasteiger partial charge in [-0.2, -0.15) is 0 Å². The molecule has 2 heterocycles. The maximum Gasteiger partial charge on any atom is 0.357 e. The quantitative estimate of drug-likeness (QED) is 0.760. The molecule has 0 saturated carbocycles. The molecule has 0 bridgehead atoms. The fourth-order valence-electron chi connectivity index (χ4n) is 1.51. The minimum absolute atomic E-state index is 0.364. The van der Waals surface area contributed by atoms with E-state index in [1.54, 1.807) is 23.6 Å². The molecule has 7 heteroatoms. The molecular formula is C12H13BrN2O2S2. The van der Waals surface area contributed by atoms with Crippen molar-refractivity contribution >= 4 is 49.7 Å². The second-order valence-electron chi connectivity index (χ2n) is 3.85. The number of anilines is 1. The van der Waals surface area contributed by atoms with E-state index >= 15 is 0 Å². The number of halogens is 1. The number of hydrogen-bond donors (Lipinski definition) is 0. The van der Waals surface area contributed by atoms with Gasteiger partial charge in [0.25, 0.3) is 0 Å². The Morgan fingerprint density at radius 2 is 2.26 bits per heavy atom. The third-order valence-electron chi connectivity index (χ3n) is 2.34. The molecule has 0 aliphatic carbocycles. The smallest absolute Gasteiger partial charge is 0.357 e. The molecule has 0 saturated heterocycles. The number of hydrogen-bond acceptors (Lipinski definition) is 6. The van der Waals surface area contributed by atoms with Crippen molar-refractivity contribution < 1.29 is 9.53 Å². The lowest BCUT2D eigenvalue weighted by Gasteiger charge is -2.14. The van der Waals surface area contributed by atoms with E-state index in [-0.39, 0.29) is 5.97 Å². The molecule has 0 atom stereocenters. The molecule has 0 aliphatic rings. The van der Waals surface area contributed by atoms with Gasteiger partial charge >= 0.3 is 5.97 Å². The molecule has 0 aromatic carbocycles. The summed E-state index contributed by atoms with van der Waals surface area (Å²) in [7, 11) is 1.96. The molecule has 19 heavy (non-hydrogen) atoms. The van der Waals surface area contributed by atoms with Crippen molar-refractivity contribution in [1.82, 2.24) is 4.98 Å². The number of aromatic nitrogens is 1. The molecule has 0 aliphatic heterocycles. The highest BCUT2D eigenvalue weighted by atomic mass is 79.9. The predicted molar refractivity (Wildman–Crippen MR) is 82.2 cm³/mol. The summed E-state index contributed by atoms with van der Waals surface area (Å²) in [6.45, 7) is 2.91. The second kappa shape index (κ2) is 6.49. The Morgan fingerprint density at radius 3 is 2.89 bits per heavy atom. The van der Waals surface area contributed by atoms with Crippen molar-refractivity contribution in [1.29, 1.82) is 0 Å². The Balaban J connectivity index is 2.03. The van der Waals surface area contributed by atoms with Crippen LogP contribution in [0.3, 0.4) is 0 Å². The second-order valence-corrected chi connectivity index (χ2v) is 6.98. The number of carbonyl (C=O) groups is 1. The molecule has 0 amide bonds. The minimum atomic E-state index is -0.364. The van der Waals surface area contributed by atoms with Crippen LogP contribution in [0.25, 0.3) is 0 Å². The van der Waals surface area contributed by atoms with Gasteiger partial charge in [0.2, 0.25) is 0 Å². The number of esters is 1. The first kappa shape index (κ1) is 14.5. The summed E-state index contributed by atoms with van der Waals surface area (Å²) in [5.41, 5.74) is 1.59. The lowest BCUT2D eigenvalue weighted by molar-refractivity contribution is 0.0520. The lowest BCUT2D eigenvalue weighted by Crippen LogP contribution is -2.16. The molecule has 0 fully saturated rings. The van der Waals surface area contributed by atoms with Gasteiger partial charge in [0.1, 0.15) is 0 Å². The minimum Gasteiger partial charge on any atom is -0.461 e. The third-order valence-corrected chi connectivity index (χ3v) is 4.85. The molecule has 0 radical (unpaired) electrons. The van der Waals surface area contributed by atoms with E-state index < -0.39 is 0 Å². The molecule has 102 valence electrons. The molecule has 4 nitrogen and oxygen atoms in total. The van der Waals surface area contributed by atoms with Crippen LogP contribution in [0, 0.1) is 0 Å². The number of nitrogens with zero attached hydrogens (tertiary/aromatic N) is 2. The summed E-state index contributed by atoms with van der Waals surface area (Å²) >= 11 is 6.55. The normalized spacial score (nSPS) is 10.5. The van der Waals surface area contributed by atoms with E-state index in [0.29, 0.717) is 12.3 Å². The van der Waals surface area contributed by atoms with Crippen LogP contribution in [0.15, 0.2) is 20.6 Å². The molecule has 2 aromatic rings. The Hall–Kier alpha value is -0.920. The van der Waals surface area contributed by atoms with E-state index in [9.17, 15) is 4.79 Å². The number of rotatable bonds is 5. The molecule has 2 rings (SSSR count). The molecule has 0 N–H and O–H groups in total. The van der Waals surface area contributed by atoms with Gasteiger partial charge in [-0.25, -0.2) is 9.78 Å². The zero-order valence-corrected chi connectivity index (χ0v) is 13.8. The predicted octanol–water partition coefficient (Wildman–Crippen LogP) is 3.78. The number of thiazole rings is 1. The summed E-state index contributed by atoms with van der Waals surface area (Å²) < 4.78 is 6.04. The first-order valence-electron chi connectivity index (χ1n) is 5.67. The van der Waals surface area contributed by atoms with Crippen molar-refractivity contribution in [2.75, 3.05) is 18.6 Å². The van der Waals surface area contributed by atoms with Gasteiger partial charge in [-0.05, 0) is 39.9 Å². The monoisotopic (exact) mass is 360 g/mol. The Kier molecular flexibility index (Phi) is 4.95. The molecule has 0 spiro atoms. The summed E-state index contributed by atoms with van der Waals surface area (Å²) in [5.74, 6) is -0.364.